The van der Waals surface area contributed by atoms with E-state index in [2.05, 4.69) is 16.9 Å². The zero-order valence-electron chi connectivity index (χ0n) is 10.3. The third-order valence-corrected chi connectivity index (χ3v) is 2.29. The molecule has 0 saturated carbocycles. The second-order valence-corrected chi connectivity index (χ2v) is 3.73. The zero-order chi connectivity index (χ0) is 13.7. The fourth-order valence-electron chi connectivity index (χ4n) is 1.41. The van der Waals surface area contributed by atoms with Gasteiger partial charge in [-0.3, -0.25) is 0 Å². The van der Waals surface area contributed by atoms with Crippen molar-refractivity contribution in [2.24, 2.45) is 10.7 Å². The maximum absolute atomic E-state index is 13.6. The van der Waals surface area contributed by atoms with E-state index in [-0.39, 0.29) is 5.84 Å². The summed E-state index contributed by atoms with van der Waals surface area (Å²) in [6.07, 6.45) is 1.54. The van der Waals surface area contributed by atoms with Crippen molar-refractivity contribution < 1.29 is 4.39 Å². The van der Waals surface area contributed by atoms with Crippen LogP contribution in [0.2, 0.25) is 5.02 Å². The largest absolute Gasteiger partial charge is 0.384 e. The van der Waals surface area contributed by atoms with Crippen molar-refractivity contribution in [3.8, 4) is 0 Å². The fourth-order valence-corrected chi connectivity index (χ4v) is 1.57. The van der Waals surface area contributed by atoms with Gasteiger partial charge in [0.1, 0.15) is 17.5 Å². The number of hydrogen-bond acceptors (Lipinski definition) is 3. The Morgan fingerprint density at radius 3 is 2.61 bits per heavy atom. The Bertz CT molecular complexity index is 521. The minimum absolute atomic E-state index is 0.285. The summed E-state index contributed by atoms with van der Waals surface area (Å²) in [5.74, 6) is 0.242. The van der Waals surface area contributed by atoms with E-state index < -0.39 is 5.82 Å². The number of nitrogens with one attached hydrogen (secondary N) is 1. The number of rotatable bonds is 1. The normalized spacial score (nSPS) is 13.9. The van der Waals surface area contributed by atoms with Crippen LogP contribution >= 0.6 is 11.6 Å². The molecule has 18 heavy (non-hydrogen) atoms. The van der Waals surface area contributed by atoms with Gasteiger partial charge in [0.2, 0.25) is 0 Å². The molecule has 96 valence electrons. The first-order chi connectivity index (χ1) is 8.56. The second kappa shape index (κ2) is 6.21. The molecule has 2 rings (SSSR count). The van der Waals surface area contributed by atoms with Crippen molar-refractivity contribution in [2.75, 3.05) is 0 Å². The molecule has 0 atom stereocenters. The Morgan fingerprint density at radius 1 is 1.39 bits per heavy atom. The van der Waals surface area contributed by atoms with Gasteiger partial charge in [0.05, 0.1) is 5.70 Å². The summed E-state index contributed by atoms with van der Waals surface area (Å²) in [6.45, 7) is 7.62. The van der Waals surface area contributed by atoms with Gasteiger partial charge in [0.15, 0.2) is 0 Å². The summed E-state index contributed by atoms with van der Waals surface area (Å²) in [5.41, 5.74) is 6.46. The van der Waals surface area contributed by atoms with Crippen molar-refractivity contribution >= 4 is 23.1 Å². The van der Waals surface area contributed by atoms with E-state index in [9.17, 15) is 4.39 Å². The molecule has 0 amide bonds. The van der Waals surface area contributed by atoms with Gasteiger partial charge in [-0.2, -0.15) is 0 Å². The molecule has 0 aliphatic carbocycles. The molecule has 1 heterocycles. The first-order valence-electron chi connectivity index (χ1n) is 5.53. The van der Waals surface area contributed by atoms with Crippen LogP contribution in [0.1, 0.15) is 19.4 Å². The zero-order valence-corrected chi connectivity index (χ0v) is 11.1. The minimum Gasteiger partial charge on any atom is -0.384 e. The molecule has 0 saturated heterocycles. The molecule has 1 aromatic rings. The lowest BCUT2D eigenvalue weighted by Crippen LogP contribution is -2.22. The minimum atomic E-state index is -0.422. The van der Waals surface area contributed by atoms with E-state index in [1.54, 1.807) is 18.2 Å². The Morgan fingerprint density at radius 2 is 2.06 bits per heavy atom. The quantitative estimate of drug-likeness (QED) is 0.820. The highest BCUT2D eigenvalue weighted by molar-refractivity contribution is 6.30. The van der Waals surface area contributed by atoms with Gasteiger partial charge in [-0.15, -0.1) is 0 Å². The van der Waals surface area contributed by atoms with Crippen LogP contribution in [0.4, 0.5) is 4.39 Å². The summed E-state index contributed by atoms with van der Waals surface area (Å²) < 4.78 is 13.6. The monoisotopic (exact) mass is 267 g/mol. The fraction of sp³-hybridized carbons (Fsp3) is 0.154. The van der Waals surface area contributed by atoms with Crippen LogP contribution in [-0.4, -0.2) is 5.84 Å². The number of amidine groups is 1. The number of nitrogens with zero attached hydrogens (tertiary/aromatic N) is 1. The van der Waals surface area contributed by atoms with Gasteiger partial charge in [0, 0.05) is 16.7 Å². The van der Waals surface area contributed by atoms with Crippen LogP contribution in [0.15, 0.2) is 41.7 Å². The van der Waals surface area contributed by atoms with E-state index >= 15 is 0 Å². The molecule has 3 N–H and O–H groups in total. The van der Waals surface area contributed by atoms with Gasteiger partial charge >= 0.3 is 0 Å². The molecule has 0 spiro atoms. The number of benzene rings is 1. The number of hydrogen-bond donors (Lipinski definition) is 2. The van der Waals surface area contributed by atoms with Gasteiger partial charge in [-0.25, -0.2) is 9.38 Å². The molecule has 1 aliphatic heterocycles. The van der Waals surface area contributed by atoms with Crippen molar-refractivity contribution in [3.63, 3.8) is 0 Å². The predicted molar refractivity (Wildman–Crippen MR) is 74.6 cm³/mol. The molecule has 0 bridgehead atoms. The van der Waals surface area contributed by atoms with Crippen LogP contribution in [0.3, 0.4) is 0 Å². The average Bonchev–Trinajstić information content (AvgIpc) is 2.30. The standard InChI is InChI=1S/C11H9ClFN3.C2H6/c1-6-15-10(5-11(14)16-6)8-3-2-7(12)4-9(8)13;1-2/h2-5,15H,1H2,(H2,14,16);1-2H3. The lowest BCUT2D eigenvalue weighted by molar-refractivity contribution is 0.622. The Hall–Kier alpha value is -1.81. The molecule has 0 fully saturated rings. The van der Waals surface area contributed by atoms with Gasteiger partial charge < -0.3 is 11.1 Å². The summed E-state index contributed by atoms with van der Waals surface area (Å²) in [7, 11) is 0. The SMILES string of the molecule is C=C1N=C(N)C=C(c2ccc(Cl)cc2F)N1.CC. The molecular weight excluding hydrogens is 253 g/mol. The highest BCUT2D eigenvalue weighted by atomic mass is 35.5. The molecule has 3 nitrogen and oxygen atoms in total. The van der Waals surface area contributed by atoms with Crippen LogP contribution in [0, 0.1) is 5.82 Å². The molecule has 1 aliphatic rings. The van der Waals surface area contributed by atoms with Crippen LogP contribution in [-0.2, 0) is 0 Å². The smallest absolute Gasteiger partial charge is 0.133 e. The Balaban J connectivity index is 0.000000771. The molecule has 0 radical (unpaired) electrons. The highest BCUT2D eigenvalue weighted by Gasteiger charge is 2.12. The third-order valence-electron chi connectivity index (χ3n) is 2.06. The highest BCUT2D eigenvalue weighted by Crippen LogP contribution is 2.22. The van der Waals surface area contributed by atoms with Crippen LogP contribution < -0.4 is 11.1 Å². The Kier molecular flexibility index (Phi) is 4.92. The summed E-state index contributed by atoms with van der Waals surface area (Å²) in [6, 6.07) is 4.42. The first kappa shape index (κ1) is 14.3. The molecule has 1 aromatic carbocycles. The number of nitrogens with two attached hydrogens (primary N) is 1. The van der Waals surface area contributed by atoms with E-state index in [1.165, 1.54) is 6.07 Å². The van der Waals surface area contributed by atoms with E-state index in [1.807, 2.05) is 13.8 Å². The van der Waals surface area contributed by atoms with Gasteiger partial charge in [0.25, 0.3) is 0 Å². The van der Waals surface area contributed by atoms with Gasteiger partial charge in [-0.1, -0.05) is 32.0 Å². The molecular formula is C13H15ClFN3. The summed E-state index contributed by atoms with van der Waals surface area (Å²) in [4.78, 5) is 3.87. The first-order valence-corrected chi connectivity index (χ1v) is 5.91. The second-order valence-electron chi connectivity index (χ2n) is 3.29. The molecule has 5 heteroatoms. The van der Waals surface area contributed by atoms with Gasteiger partial charge in [-0.05, 0) is 18.2 Å². The predicted octanol–water partition coefficient (Wildman–Crippen LogP) is 3.28. The van der Waals surface area contributed by atoms with Crippen molar-refractivity contribution in [1.29, 1.82) is 0 Å². The lowest BCUT2D eigenvalue weighted by atomic mass is 10.1. The number of aliphatic imine (C=N–C) groups is 1. The maximum atomic E-state index is 13.6. The van der Waals surface area contributed by atoms with Crippen molar-refractivity contribution in [3.05, 3.63) is 53.1 Å². The van der Waals surface area contributed by atoms with Crippen LogP contribution in [0.5, 0.6) is 0 Å². The van der Waals surface area contributed by atoms with E-state index in [0.29, 0.717) is 22.1 Å². The summed E-state index contributed by atoms with van der Waals surface area (Å²) >= 11 is 5.67. The van der Waals surface area contributed by atoms with Crippen molar-refractivity contribution in [1.82, 2.24) is 5.32 Å². The maximum Gasteiger partial charge on any atom is 0.133 e. The molecule has 0 unspecified atom stereocenters. The molecule has 0 aromatic heterocycles. The summed E-state index contributed by atoms with van der Waals surface area (Å²) in [5, 5.41) is 3.18. The van der Waals surface area contributed by atoms with Crippen LogP contribution in [0.25, 0.3) is 5.70 Å². The number of halogens is 2. The third kappa shape index (κ3) is 3.34. The lowest BCUT2D eigenvalue weighted by Gasteiger charge is -2.16. The Labute approximate surface area is 111 Å². The van der Waals surface area contributed by atoms with E-state index in [0.717, 1.165) is 0 Å². The van der Waals surface area contributed by atoms with E-state index in [4.69, 9.17) is 17.3 Å². The average molecular weight is 268 g/mol. The topological polar surface area (TPSA) is 50.4 Å². The van der Waals surface area contributed by atoms with Crippen molar-refractivity contribution in [2.45, 2.75) is 13.8 Å².